The van der Waals surface area contributed by atoms with Crippen molar-refractivity contribution in [3.05, 3.63) is 33.9 Å². The van der Waals surface area contributed by atoms with E-state index in [-0.39, 0.29) is 16.6 Å². The molecule has 1 aromatic rings. The van der Waals surface area contributed by atoms with Crippen molar-refractivity contribution in [1.82, 2.24) is 0 Å². The van der Waals surface area contributed by atoms with Crippen molar-refractivity contribution in [2.75, 3.05) is 18.0 Å². The molecule has 1 heterocycles. The zero-order valence-electron chi connectivity index (χ0n) is 11.0. The van der Waals surface area contributed by atoms with Gasteiger partial charge in [0, 0.05) is 29.8 Å². The van der Waals surface area contributed by atoms with E-state index in [2.05, 4.69) is 10.2 Å². The predicted molar refractivity (Wildman–Crippen MR) is 76.5 cm³/mol. The number of hydrazone groups is 1. The first-order chi connectivity index (χ1) is 9.58. The van der Waals surface area contributed by atoms with E-state index in [9.17, 15) is 10.1 Å². The minimum Gasteiger partial charge on any atom is -0.366 e. The maximum atomic E-state index is 11.2. The summed E-state index contributed by atoms with van der Waals surface area (Å²) in [5, 5.41) is 17.3. The van der Waals surface area contributed by atoms with Crippen molar-refractivity contribution >= 4 is 23.5 Å². The molecule has 1 aliphatic heterocycles. The molecule has 0 bridgehead atoms. The number of guanidine groups is 1. The summed E-state index contributed by atoms with van der Waals surface area (Å²) in [5.41, 5.74) is 11.7. The number of nitro groups is 1. The zero-order chi connectivity index (χ0) is 14.5. The molecule has 0 unspecified atom stereocenters. The van der Waals surface area contributed by atoms with Gasteiger partial charge in [0.1, 0.15) is 5.69 Å². The van der Waals surface area contributed by atoms with Gasteiger partial charge in [-0.3, -0.25) is 10.1 Å². The monoisotopic (exact) mass is 277 g/mol. The van der Waals surface area contributed by atoms with E-state index in [1.807, 2.05) is 4.90 Å². The first-order valence-corrected chi connectivity index (χ1v) is 6.28. The SMILES string of the molecule is NC(N)=N/[NH+]=C/c1ccc(N2CCCC2)c([N+](=O)[O-])c1. The lowest BCUT2D eigenvalue weighted by molar-refractivity contribution is -0.456. The standard InChI is InChI=1S/C12H16N6O2/c13-12(14)16-15-8-9-3-4-10(11(7-9)18(19)20)17-5-1-2-6-17/h3-4,7-8H,1-2,5-6H2,(H4,13,14,16)/p+1/b15-8+. The molecule has 1 saturated heterocycles. The number of anilines is 1. The number of hydrogen-bond donors (Lipinski definition) is 3. The number of nitro benzene ring substituents is 1. The Hall–Kier alpha value is -2.64. The average Bonchev–Trinajstić information content (AvgIpc) is 2.92. The third-order valence-electron chi connectivity index (χ3n) is 3.07. The van der Waals surface area contributed by atoms with E-state index >= 15 is 0 Å². The van der Waals surface area contributed by atoms with Crippen LogP contribution in [0, 0.1) is 10.1 Å². The second-order valence-electron chi connectivity index (χ2n) is 4.51. The summed E-state index contributed by atoms with van der Waals surface area (Å²) in [6.45, 7) is 1.71. The highest BCUT2D eigenvalue weighted by Gasteiger charge is 2.22. The fraction of sp³-hybridized carbons (Fsp3) is 0.333. The molecule has 20 heavy (non-hydrogen) atoms. The Morgan fingerprint density at radius 3 is 2.70 bits per heavy atom. The highest BCUT2D eigenvalue weighted by molar-refractivity contribution is 5.80. The minimum atomic E-state index is -0.369. The lowest BCUT2D eigenvalue weighted by Crippen LogP contribution is -2.63. The van der Waals surface area contributed by atoms with E-state index in [0.717, 1.165) is 25.9 Å². The summed E-state index contributed by atoms with van der Waals surface area (Å²) in [4.78, 5) is 12.9. The molecule has 0 amide bonds. The van der Waals surface area contributed by atoms with E-state index in [0.29, 0.717) is 11.3 Å². The second-order valence-corrected chi connectivity index (χ2v) is 4.51. The maximum absolute atomic E-state index is 11.2. The molecule has 1 aliphatic rings. The molecule has 0 spiro atoms. The topological polar surface area (TPSA) is 125 Å². The lowest BCUT2D eigenvalue weighted by Gasteiger charge is -2.17. The smallest absolute Gasteiger partial charge is 0.293 e. The van der Waals surface area contributed by atoms with Gasteiger partial charge in [0.15, 0.2) is 0 Å². The van der Waals surface area contributed by atoms with Crippen LogP contribution in [0.15, 0.2) is 23.3 Å². The molecule has 1 fully saturated rings. The van der Waals surface area contributed by atoms with Gasteiger partial charge in [-0.25, -0.2) is 0 Å². The first-order valence-electron chi connectivity index (χ1n) is 6.28. The van der Waals surface area contributed by atoms with Crippen molar-refractivity contribution in [3.63, 3.8) is 0 Å². The fourth-order valence-electron chi connectivity index (χ4n) is 2.18. The molecule has 0 aromatic heterocycles. The van der Waals surface area contributed by atoms with Gasteiger partial charge in [-0.05, 0) is 25.0 Å². The van der Waals surface area contributed by atoms with Crippen LogP contribution in [0.4, 0.5) is 11.4 Å². The molecule has 5 N–H and O–H groups in total. The van der Waals surface area contributed by atoms with Crippen LogP contribution < -0.4 is 21.5 Å². The Morgan fingerprint density at radius 1 is 1.40 bits per heavy atom. The summed E-state index contributed by atoms with van der Waals surface area (Å²) in [7, 11) is 0. The maximum Gasteiger partial charge on any atom is 0.293 e. The summed E-state index contributed by atoms with van der Waals surface area (Å²) in [5.74, 6) is -0.107. The summed E-state index contributed by atoms with van der Waals surface area (Å²) >= 11 is 0. The summed E-state index contributed by atoms with van der Waals surface area (Å²) < 4.78 is 0. The lowest BCUT2D eigenvalue weighted by atomic mass is 10.1. The van der Waals surface area contributed by atoms with E-state index in [1.165, 1.54) is 12.3 Å². The second kappa shape index (κ2) is 6.00. The average molecular weight is 277 g/mol. The molecule has 0 radical (unpaired) electrons. The van der Waals surface area contributed by atoms with Crippen LogP contribution in [0.25, 0.3) is 0 Å². The normalized spacial score (nSPS) is 14.7. The van der Waals surface area contributed by atoms with Crippen LogP contribution in [0.2, 0.25) is 0 Å². The molecule has 0 saturated carbocycles. The Balaban J connectivity index is 2.30. The third-order valence-corrected chi connectivity index (χ3v) is 3.07. The molecule has 8 heteroatoms. The third kappa shape index (κ3) is 3.22. The van der Waals surface area contributed by atoms with Gasteiger partial charge < -0.3 is 16.4 Å². The van der Waals surface area contributed by atoms with Crippen LogP contribution >= 0.6 is 0 Å². The van der Waals surface area contributed by atoms with Gasteiger partial charge in [0.25, 0.3) is 11.6 Å². The molecule has 0 aliphatic carbocycles. The molecular formula is C12H17N6O2+. The Kier molecular flexibility index (Phi) is 4.14. The minimum absolute atomic E-state index is 0.0900. The highest BCUT2D eigenvalue weighted by Crippen LogP contribution is 2.31. The molecule has 0 atom stereocenters. The molecule has 8 nitrogen and oxygen atoms in total. The van der Waals surface area contributed by atoms with Crippen molar-refractivity contribution < 1.29 is 10.0 Å². The van der Waals surface area contributed by atoms with Gasteiger partial charge in [-0.2, -0.15) is 0 Å². The van der Waals surface area contributed by atoms with Crippen LogP contribution in [0.5, 0.6) is 0 Å². The van der Waals surface area contributed by atoms with Gasteiger partial charge in [0.05, 0.1) is 4.92 Å². The quantitative estimate of drug-likeness (QED) is 0.278. The van der Waals surface area contributed by atoms with Crippen LogP contribution in [-0.2, 0) is 0 Å². The van der Waals surface area contributed by atoms with Crippen LogP contribution in [0.1, 0.15) is 18.4 Å². The van der Waals surface area contributed by atoms with Gasteiger partial charge >= 0.3 is 0 Å². The van der Waals surface area contributed by atoms with Crippen molar-refractivity contribution in [2.45, 2.75) is 12.8 Å². The van der Waals surface area contributed by atoms with Gasteiger partial charge in [-0.15, -0.1) is 5.10 Å². The predicted octanol–water partition coefficient (Wildman–Crippen LogP) is -1.12. The van der Waals surface area contributed by atoms with E-state index < -0.39 is 0 Å². The van der Waals surface area contributed by atoms with Gasteiger partial charge in [0.2, 0.25) is 6.21 Å². The summed E-state index contributed by atoms with van der Waals surface area (Å²) in [6.07, 6.45) is 3.63. The number of hydrogen-bond acceptors (Lipinski definition) is 4. The Labute approximate surface area is 115 Å². The van der Waals surface area contributed by atoms with Crippen LogP contribution in [0.3, 0.4) is 0 Å². The number of nitrogens with one attached hydrogen (secondary N) is 1. The van der Waals surface area contributed by atoms with E-state index in [4.69, 9.17) is 11.5 Å². The molecule has 1 aromatic carbocycles. The number of nitrogens with zero attached hydrogens (tertiary/aromatic N) is 3. The van der Waals surface area contributed by atoms with E-state index in [1.54, 1.807) is 12.1 Å². The highest BCUT2D eigenvalue weighted by atomic mass is 16.6. The van der Waals surface area contributed by atoms with Crippen molar-refractivity contribution in [2.24, 2.45) is 16.6 Å². The molecule has 106 valence electrons. The van der Waals surface area contributed by atoms with Crippen LogP contribution in [-0.4, -0.2) is 30.2 Å². The summed E-state index contributed by atoms with van der Waals surface area (Å²) in [6, 6.07) is 5.05. The Morgan fingerprint density at radius 2 is 2.10 bits per heavy atom. The Bertz CT molecular complexity index is 559. The number of nitrogens with two attached hydrogens (primary N) is 2. The number of rotatable bonds is 4. The van der Waals surface area contributed by atoms with Crippen molar-refractivity contribution in [3.8, 4) is 0 Å². The fourth-order valence-corrected chi connectivity index (χ4v) is 2.18. The number of benzene rings is 1. The zero-order valence-corrected chi connectivity index (χ0v) is 11.0. The first kappa shape index (κ1) is 13.8. The molecular weight excluding hydrogens is 260 g/mol. The van der Waals surface area contributed by atoms with Crippen molar-refractivity contribution in [1.29, 1.82) is 0 Å². The van der Waals surface area contributed by atoms with Gasteiger partial charge in [-0.1, -0.05) is 0 Å². The largest absolute Gasteiger partial charge is 0.366 e. The molecule has 2 rings (SSSR count).